The van der Waals surface area contributed by atoms with Crippen LogP contribution < -0.4 is 0 Å². The molecule has 45 heavy (non-hydrogen) atoms. The van der Waals surface area contributed by atoms with Gasteiger partial charge in [0.2, 0.25) is 0 Å². The molecule has 1 aromatic heterocycles. The number of fused-ring (bicyclic) bond motifs is 5. The lowest BCUT2D eigenvalue weighted by Gasteiger charge is -2.22. The van der Waals surface area contributed by atoms with Crippen molar-refractivity contribution in [3.8, 4) is 44.5 Å². The molecule has 1 nitrogen and oxygen atoms in total. The van der Waals surface area contributed by atoms with E-state index in [0.29, 0.717) is 0 Å². The maximum atomic E-state index is 6.36. The van der Waals surface area contributed by atoms with E-state index < -0.39 is 0 Å². The number of para-hydroxylation sites is 1. The molecule has 0 aliphatic carbocycles. The molecule has 1 heteroatoms. The topological polar surface area (TPSA) is 13.1 Å². The monoisotopic (exact) mass is 572 g/mol. The minimum Gasteiger partial charge on any atom is -0.456 e. The maximum absolute atomic E-state index is 6.36. The third-order valence-electron chi connectivity index (χ3n) is 9.08. The Bertz CT molecular complexity index is 2410. The highest BCUT2D eigenvalue weighted by atomic mass is 16.3. The van der Waals surface area contributed by atoms with Gasteiger partial charge in [-0.3, -0.25) is 0 Å². The number of rotatable bonds is 4. The van der Waals surface area contributed by atoms with Crippen LogP contribution in [-0.2, 0) is 0 Å². The van der Waals surface area contributed by atoms with Crippen LogP contribution in [0.15, 0.2) is 174 Å². The molecule has 0 fully saturated rings. The summed E-state index contributed by atoms with van der Waals surface area (Å²) in [6.45, 7) is 0. The second-order valence-corrected chi connectivity index (χ2v) is 11.6. The highest BCUT2D eigenvalue weighted by molar-refractivity contribution is 6.24. The summed E-state index contributed by atoms with van der Waals surface area (Å²) < 4.78 is 6.36. The SMILES string of the molecule is c1ccc(-c2cccc(-c3ccccc3)c2-c2c3ccccc3c(-c3ccc4c(c3)oc3ccccc34)c3ccccc23)cc1. The smallest absolute Gasteiger partial charge is 0.136 e. The lowest BCUT2D eigenvalue weighted by Crippen LogP contribution is -1.95. The van der Waals surface area contributed by atoms with Crippen molar-refractivity contribution < 1.29 is 4.42 Å². The molecule has 0 radical (unpaired) electrons. The van der Waals surface area contributed by atoms with E-state index >= 15 is 0 Å². The Morgan fingerprint density at radius 1 is 0.267 bits per heavy atom. The van der Waals surface area contributed by atoms with Crippen molar-refractivity contribution in [2.24, 2.45) is 0 Å². The first-order valence-corrected chi connectivity index (χ1v) is 15.4. The Morgan fingerprint density at radius 3 is 1.31 bits per heavy atom. The van der Waals surface area contributed by atoms with Crippen molar-refractivity contribution >= 4 is 43.5 Å². The summed E-state index contributed by atoms with van der Waals surface area (Å²) in [6, 6.07) is 61.0. The number of benzene rings is 8. The van der Waals surface area contributed by atoms with Crippen LogP contribution in [0.3, 0.4) is 0 Å². The lowest BCUT2D eigenvalue weighted by atomic mass is 9.81. The largest absolute Gasteiger partial charge is 0.456 e. The highest BCUT2D eigenvalue weighted by Crippen LogP contribution is 2.49. The van der Waals surface area contributed by atoms with E-state index in [1.54, 1.807) is 0 Å². The van der Waals surface area contributed by atoms with Crippen molar-refractivity contribution in [3.63, 3.8) is 0 Å². The number of furan rings is 1. The Kier molecular flexibility index (Phi) is 5.89. The van der Waals surface area contributed by atoms with Crippen LogP contribution in [0.5, 0.6) is 0 Å². The van der Waals surface area contributed by atoms with Crippen molar-refractivity contribution in [1.29, 1.82) is 0 Å². The first-order chi connectivity index (χ1) is 22.3. The van der Waals surface area contributed by atoms with E-state index in [1.807, 2.05) is 12.1 Å². The Balaban J connectivity index is 1.41. The van der Waals surface area contributed by atoms with Crippen LogP contribution in [0.2, 0.25) is 0 Å². The normalized spacial score (nSPS) is 11.6. The van der Waals surface area contributed by atoms with Crippen LogP contribution in [-0.4, -0.2) is 0 Å². The molecule has 0 N–H and O–H groups in total. The van der Waals surface area contributed by atoms with Gasteiger partial charge in [0.1, 0.15) is 11.2 Å². The molecule has 0 unspecified atom stereocenters. The first-order valence-electron chi connectivity index (χ1n) is 15.4. The molecule has 0 bridgehead atoms. The number of hydrogen-bond donors (Lipinski definition) is 0. The molecule has 0 amide bonds. The quantitative estimate of drug-likeness (QED) is 0.191. The van der Waals surface area contributed by atoms with Gasteiger partial charge in [-0.25, -0.2) is 0 Å². The molecular weight excluding hydrogens is 544 g/mol. The van der Waals surface area contributed by atoms with Crippen LogP contribution in [0.1, 0.15) is 0 Å². The summed E-state index contributed by atoms with van der Waals surface area (Å²) in [5.74, 6) is 0. The van der Waals surface area contributed by atoms with Crippen LogP contribution >= 0.6 is 0 Å². The van der Waals surface area contributed by atoms with E-state index in [2.05, 4.69) is 158 Å². The van der Waals surface area contributed by atoms with Gasteiger partial charge in [-0.2, -0.15) is 0 Å². The summed E-state index contributed by atoms with van der Waals surface area (Å²) in [7, 11) is 0. The van der Waals surface area contributed by atoms with Crippen molar-refractivity contribution in [1.82, 2.24) is 0 Å². The molecule has 0 saturated carbocycles. The average Bonchev–Trinajstić information content (AvgIpc) is 3.49. The third kappa shape index (κ3) is 4.09. The van der Waals surface area contributed by atoms with Gasteiger partial charge in [0, 0.05) is 10.8 Å². The zero-order chi connectivity index (χ0) is 29.7. The molecule has 0 spiro atoms. The van der Waals surface area contributed by atoms with E-state index in [4.69, 9.17) is 4.42 Å². The Morgan fingerprint density at radius 2 is 0.733 bits per heavy atom. The Labute approximate surface area is 261 Å². The fourth-order valence-electron chi connectivity index (χ4n) is 7.13. The van der Waals surface area contributed by atoms with Gasteiger partial charge in [-0.05, 0) is 84.3 Å². The van der Waals surface area contributed by atoms with E-state index in [1.165, 1.54) is 60.5 Å². The second-order valence-electron chi connectivity index (χ2n) is 11.6. The molecule has 210 valence electrons. The summed E-state index contributed by atoms with van der Waals surface area (Å²) in [6.07, 6.45) is 0. The van der Waals surface area contributed by atoms with Crippen LogP contribution in [0.25, 0.3) is 88.0 Å². The summed E-state index contributed by atoms with van der Waals surface area (Å²) in [5.41, 5.74) is 11.6. The van der Waals surface area contributed by atoms with Gasteiger partial charge < -0.3 is 4.42 Å². The first kappa shape index (κ1) is 25.6. The van der Waals surface area contributed by atoms with Gasteiger partial charge in [-0.15, -0.1) is 0 Å². The lowest BCUT2D eigenvalue weighted by molar-refractivity contribution is 0.669. The van der Waals surface area contributed by atoms with Gasteiger partial charge >= 0.3 is 0 Å². The van der Waals surface area contributed by atoms with Crippen LogP contribution in [0, 0.1) is 0 Å². The summed E-state index contributed by atoms with van der Waals surface area (Å²) in [4.78, 5) is 0. The van der Waals surface area contributed by atoms with E-state index in [9.17, 15) is 0 Å². The van der Waals surface area contributed by atoms with Crippen molar-refractivity contribution in [2.75, 3.05) is 0 Å². The van der Waals surface area contributed by atoms with Gasteiger partial charge in [0.25, 0.3) is 0 Å². The van der Waals surface area contributed by atoms with Gasteiger partial charge in [-0.1, -0.05) is 152 Å². The molecule has 1 heterocycles. The van der Waals surface area contributed by atoms with E-state index in [0.717, 1.165) is 27.5 Å². The molecule has 0 aliphatic rings. The fourth-order valence-corrected chi connectivity index (χ4v) is 7.13. The minimum atomic E-state index is 0.909. The standard InChI is InChI=1S/C44H28O/c1-3-14-29(15-4-1)32-23-13-24-33(30-16-5-2-6-17-30)43(32)44-38-21-9-7-19-36(38)42(37-20-8-10-22-39(37)44)31-26-27-35-34-18-11-12-25-40(34)45-41(35)28-31/h1-28H. The molecule has 8 aromatic carbocycles. The predicted molar refractivity (Wildman–Crippen MR) is 190 cm³/mol. The average molecular weight is 573 g/mol. The van der Waals surface area contributed by atoms with Crippen molar-refractivity contribution in [3.05, 3.63) is 170 Å². The molecule has 0 aliphatic heterocycles. The van der Waals surface area contributed by atoms with Crippen molar-refractivity contribution in [2.45, 2.75) is 0 Å². The summed E-state index contributed by atoms with van der Waals surface area (Å²) in [5, 5.41) is 7.21. The third-order valence-corrected chi connectivity index (χ3v) is 9.08. The predicted octanol–water partition coefficient (Wildman–Crippen LogP) is 12.6. The fraction of sp³-hybridized carbons (Fsp3) is 0. The summed E-state index contributed by atoms with van der Waals surface area (Å²) >= 11 is 0. The van der Waals surface area contributed by atoms with Crippen LogP contribution in [0.4, 0.5) is 0 Å². The zero-order valence-corrected chi connectivity index (χ0v) is 24.6. The van der Waals surface area contributed by atoms with Gasteiger partial charge in [0.15, 0.2) is 0 Å². The van der Waals surface area contributed by atoms with Gasteiger partial charge in [0.05, 0.1) is 0 Å². The molecule has 9 aromatic rings. The molecule has 0 atom stereocenters. The number of hydrogen-bond acceptors (Lipinski definition) is 1. The maximum Gasteiger partial charge on any atom is 0.136 e. The molecule has 0 saturated heterocycles. The molecule has 9 rings (SSSR count). The molecular formula is C44H28O. The highest BCUT2D eigenvalue weighted by Gasteiger charge is 2.22. The van der Waals surface area contributed by atoms with E-state index in [-0.39, 0.29) is 0 Å². The zero-order valence-electron chi connectivity index (χ0n) is 24.6. The Hall–Kier alpha value is -5.92. The minimum absolute atomic E-state index is 0.909. The second kappa shape index (κ2) is 10.4.